The van der Waals surface area contributed by atoms with E-state index in [-0.39, 0.29) is 40.5 Å². The van der Waals surface area contributed by atoms with Crippen molar-refractivity contribution in [2.75, 3.05) is 25.5 Å². The maximum atomic E-state index is 12.9. The molecule has 1 aliphatic heterocycles. The minimum Gasteiger partial charge on any atom is -0.360 e. The molecule has 31 heavy (non-hydrogen) atoms. The van der Waals surface area contributed by atoms with Crippen molar-refractivity contribution in [1.82, 2.24) is 14.2 Å². The molecule has 0 atom stereocenters. The average Bonchev–Trinajstić information content (AvgIpc) is 3.08. The Balaban J connectivity index is 1.68. The molecule has 2 N–H and O–H groups in total. The Morgan fingerprint density at radius 1 is 1.13 bits per heavy atom. The summed E-state index contributed by atoms with van der Waals surface area (Å²) >= 11 is 0. The summed E-state index contributed by atoms with van der Waals surface area (Å²) < 4.78 is 58.7. The number of hydrogen-bond donors (Lipinski definition) is 2. The van der Waals surface area contributed by atoms with Gasteiger partial charge >= 0.3 is 0 Å². The van der Waals surface area contributed by atoms with Gasteiger partial charge in [-0.2, -0.15) is 4.31 Å². The summed E-state index contributed by atoms with van der Waals surface area (Å²) in [7, 11) is -6.07. The molecule has 170 valence electrons. The van der Waals surface area contributed by atoms with E-state index in [1.807, 2.05) is 0 Å². The van der Waals surface area contributed by atoms with Crippen LogP contribution < -0.4 is 10.0 Å². The number of anilines is 1. The Morgan fingerprint density at radius 2 is 1.77 bits per heavy atom. The highest BCUT2D eigenvalue weighted by Crippen LogP contribution is 2.28. The lowest BCUT2D eigenvalue weighted by Crippen LogP contribution is -2.41. The first-order chi connectivity index (χ1) is 14.5. The Kier molecular flexibility index (Phi) is 6.56. The van der Waals surface area contributed by atoms with Crippen molar-refractivity contribution in [1.29, 1.82) is 0 Å². The van der Waals surface area contributed by atoms with Crippen molar-refractivity contribution in [3.05, 3.63) is 35.2 Å². The molecule has 10 nitrogen and oxygen atoms in total. The number of hydrogen-bond acceptors (Lipinski definition) is 7. The molecule has 0 aliphatic carbocycles. The zero-order valence-corrected chi connectivity index (χ0v) is 19.4. The molecule has 2 heterocycles. The van der Waals surface area contributed by atoms with Gasteiger partial charge in [0.15, 0.2) is 5.76 Å². The zero-order chi connectivity index (χ0) is 23.0. The third kappa shape index (κ3) is 4.66. The summed E-state index contributed by atoms with van der Waals surface area (Å²) in [6.07, 6.45) is 0.698. The number of aryl methyl sites for hydroxylation is 3. The minimum absolute atomic E-state index is 0.0772. The number of piperidine rings is 1. The van der Waals surface area contributed by atoms with Gasteiger partial charge in [-0.25, -0.2) is 21.6 Å². The second-order valence-electron chi connectivity index (χ2n) is 7.51. The first kappa shape index (κ1) is 23.4. The maximum Gasteiger partial charge on any atom is 0.248 e. The summed E-state index contributed by atoms with van der Waals surface area (Å²) in [6, 6.07) is 4.67. The Labute approximate surface area is 182 Å². The third-order valence-corrected chi connectivity index (χ3v) is 9.10. The highest BCUT2D eigenvalue weighted by Gasteiger charge is 2.35. The van der Waals surface area contributed by atoms with Crippen molar-refractivity contribution in [2.24, 2.45) is 5.92 Å². The van der Waals surface area contributed by atoms with Crippen LogP contribution >= 0.6 is 0 Å². The predicted octanol–water partition coefficient (Wildman–Crippen LogP) is 1.55. The molecule has 2 aromatic rings. The monoisotopic (exact) mass is 470 g/mol. The topological polar surface area (TPSA) is 139 Å². The largest absolute Gasteiger partial charge is 0.360 e. The van der Waals surface area contributed by atoms with Crippen molar-refractivity contribution in [3.63, 3.8) is 0 Å². The van der Waals surface area contributed by atoms with Gasteiger partial charge in [0.2, 0.25) is 26.0 Å². The number of nitrogens with one attached hydrogen (secondary N) is 2. The highest BCUT2D eigenvalue weighted by atomic mass is 32.2. The van der Waals surface area contributed by atoms with Gasteiger partial charge in [-0.05, 0) is 58.4 Å². The number of rotatable bonds is 6. The first-order valence-electron chi connectivity index (χ1n) is 9.75. The van der Waals surface area contributed by atoms with Gasteiger partial charge < -0.3 is 9.84 Å². The van der Waals surface area contributed by atoms with E-state index in [1.54, 1.807) is 32.9 Å². The SMILES string of the molecule is CNS(=O)(=O)c1cc(NC(=O)C2CCN(S(=O)(=O)c3c(C)noc3C)CC2)ccc1C. The second-order valence-corrected chi connectivity index (χ2v) is 11.2. The van der Waals surface area contributed by atoms with E-state index in [2.05, 4.69) is 15.2 Å². The van der Waals surface area contributed by atoms with Crippen LogP contribution in [0.25, 0.3) is 0 Å². The van der Waals surface area contributed by atoms with Gasteiger partial charge in [-0.3, -0.25) is 4.79 Å². The molecule has 12 heteroatoms. The lowest BCUT2D eigenvalue weighted by molar-refractivity contribution is -0.120. The van der Waals surface area contributed by atoms with Gasteiger partial charge in [0.05, 0.1) is 4.90 Å². The number of nitrogens with zero attached hydrogens (tertiary/aromatic N) is 2. The van der Waals surface area contributed by atoms with Crippen molar-refractivity contribution in [2.45, 2.75) is 43.4 Å². The minimum atomic E-state index is -3.75. The van der Waals surface area contributed by atoms with Crippen LogP contribution in [0.4, 0.5) is 5.69 Å². The van der Waals surface area contributed by atoms with Crippen LogP contribution in [0.2, 0.25) is 0 Å². The lowest BCUT2D eigenvalue weighted by atomic mass is 9.97. The number of benzene rings is 1. The average molecular weight is 471 g/mol. The molecular formula is C19H26N4O6S2. The maximum absolute atomic E-state index is 12.9. The molecule has 1 aromatic heterocycles. The summed E-state index contributed by atoms with van der Waals surface area (Å²) in [4.78, 5) is 12.9. The molecule has 3 rings (SSSR count). The van der Waals surface area contributed by atoms with Gasteiger partial charge in [-0.1, -0.05) is 11.2 Å². The molecular weight excluding hydrogens is 444 g/mol. The molecule has 1 aromatic carbocycles. The van der Waals surface area contributed by atoms with E-state index in [4.69, 9.17) is 4.52 Å². The Bertz CT molecular complexity index is 1180. The van der Waals surface area contributed by atoms with Crippen molar-refractivity contribution < 1.29 is 26.2 Å². The molecule has 1 fully saturated rings. The predicted molar refractivity (Wildman–Crippen MR) is 114 cm³/mol. The zero-order valence-electron chi connectivity index (χ0n) is 17.8. The van der Waals surface area contributed by atoms with Gasteiger partial charge in [0.25, 0.3) is 0 Å². The summed E-state index contributed by atoms with van der Waals surface area (Å²) in [5.41, 5.74) is 1.24. The highest BCUT2D eigenvalue weighted by molar-refractivity contribution is 7.89. The molecule has 1 amide bonds. The van der Waals surface area contributed by atoms with Crippen LogP contribution in [-0.2, 0) is 24.8 Å². The number of aromatic nitrogens is 1. The van der Waals surface area contributed by atoms with E-state index in [9.17, 15) is 21.6 Å². The smallest absolute Gasteiger partial charge is 0.248 e. The molecule has 0 spiro atoms. The third-order valence-electron chi connectivity index (χ3n) is 5.40. The van der Waals surface area contributed by atoms with Crippen molar-refractivity contribution >= 4 is 31.6 Å². The van der Waals surface area contributed by atoms with E-state index >= 15 is 0 Å². The molecule has 0 unspecified atom stereocenters. The van der Waals surface area contributed by atoms with Crippen LogP contribution in [0.5, 0.6) is 0 Å². The molecule has 0 saturated carbocycles. The van der Waals surface area contributed by atoms with E-state index < -0.39 is 20.0 Å². The van der Waals surface area contributed by atoms with Crippen LogP contribution in [0, 0.1) is 26.7 Å². The second kappa shape index (κ2) is 8.69. The fraction of sp³-hybridized carbons (Fsp3) is 0.474. The normalized spacial score (nSPS) is 16.4. The van der Waals surface area contributed by atoms with Gasteiger partial charge in [-0.15, -0.1) is 0 Å². The van der Waals surface area contributed by atoms with Crippen LogP contribution in [0.1, 0.15) is 29.9 Å². The fourth-order valence-corrected chi connectivity index (χ4v) is 6.41. The molecule has 0 bridgehead atoms. The van der Waals surface area contributed by atoms with E-state index in [1.165, 1.54) is 17.4 Å². The first-order valence-corrected chi connectivity index (χ1v) is 12.7. The fourth-order valence-electron chi connectivity index (χ4n) is 3.65. The number of sulfonamides is 2. The quantitative estimate of drug-likeness (QED) is 0.653. The van der Waals surface area contributed by atoms with Crippen LogP contribution in [-0.4, -0.2) is 52.3 Å². The molecule has 1 aliphatic rings. The summed E-state index contributed by atoms with van der Waals surface area (Å²) in [6.45, 7) is 5.19. The number of carbonyl (C=O) groups excluding carboxylic acids is 1. The number of amides is 1. The van der Waals surface area contributed by atoms with E-state index in [0.717, 1.165) is 0 Å². The molecule has 1 saturated heterocycles. The van der Waals surface area contributed by atoms with Crippen LogP contribution in [0.3, 0.4) is 0 Å². The Hall–Kier alpha value is -2.28. The van der Waals surface area contributed by atoms with Crippen molar-refractivity contribution in [3.8, 4) is 0 Å². The molecule has 0 radical (unpaired) electrons. The standard InChI is InChI=1S/C19H26N4O6S2/c1-12-5-6-16(11-17(12)30(25,26)20-4)21-19(24)15-7-9-23(10-8-15)31(27,28)18-13(2)22-29-14(18)3/h5-6,11,15,20H,7-10H2,1-4H3,(H,21,24). The van der Waals surface area contributed by atoms with Gasteiger partial charge in [0, 0.05) is 24.7 Å². The Morgan fingerprint density at radius 3 is 2.32 bits per heavy atom. The van der Waals surface area contributed by atoms with Gasteiger partial charge in [0.1, 0.15) is 10.6 Å². The summed E-state index contributed by atoms with van der Waals surface area (Å²) in [5.74, 6) is -0.420. The summed E-state index contributed by atoms with van der Waals surface area (Å²) in [5, 5.41) is 6.46. The van der Waals surface area contributed by atoms with E-state index in [0.29, 0.717) is 29.8 Å². The number of carbonyl (C=O) groups is 1. The lowest BCUT2D eigenvalue weighted by Gasteiger charge is -2.30. The van der Waals surface area contributed by atoms with Crippen LogP contribution in [0.15, 0.2) is 32.5 Å².